The number of aryl methyl sites for hydroxylation is 1. The molecule has 3 aromatic rings. The predicted octanol–water partition coefficient (Wildman–Crippen LogP) is 3.31. The Balaban J connectivity index is 1.84. The molecule has 1 fully saturated rings. The van der Waals surface area contributed by atoms with Crippen molar-refractivity contribution in [3.05, 3.63) is 40.1 Å². The summed E-state index contributed by atoms with van der Waals surface area (Å²) in [6.07, 6.45) is 2.49. The van der Waals surface area contributed by atoms with Gasteiger partial charge in [0.2, 0.25) is 0 Å². The van der Waals surface area contributed by atoms with E-state index in [2.05, 4.69) is 21.0 Å². The van der Waals surface area contributed by atoms with Crippen LogP contribution in [0.4, 0.5) is 5.69 Å². The number of imidazole rings is 1. The number of thiazole rings is 1. The molecular weight excluding hydrogens is 268 g/mol. The van der Waals surface area contributed by atoms with Crippen LogP contribution < -0.4 is 5.73 Å². The number of hydrogen-bond acceptors (Lipinski definition) is 4. The summed E-state index contributed by atoms with van der Waals surface area (Å²) < 4.78 is 2.31. The Morgan fingerprint density at radius 3 is 2.90 bits per heavy atom. The fourth-order valence-electron chi connectivity index (χ4n) is 2.63. The lowest BCUT2D eigenvalue weighted by molar-refractivity contribution is 0.733. The van der Waals surface area contributed by atoms with Crippen LogP contribution in [0.1, 0.15) is 35.3 Å². The molecule has 20 heavy (non-hydrogen) atoms. The Hall–Kier alpha value is -1.88. The average Bonchev–Trinajstić information content (AvgIpc) is 3.10. The summed E-state index contributed by atoms with van der Waals surface area (Å²) in [5, 5.41) is 3.25. The van der Waals surface area contributed by atoms with Crippen LogP contribution in [0.5, 0.6) is 0 Å². The van der Waals surface area contributed by atoms with Gasteiger partial charge in [0, 0.05) is 17.0 Å². The molecule has 0 amide bonds. The molecule has 0 bridgehead atoms. The maximum Gasteiger partial charge on any atom is 0.113 e. The molecule has 0 spiro atoms. The van der Waals surface area contributed by atoms with Crippen molar-refractivity contribution in [2.45, 2.75) is 32.2 Å². The Kier molecular flexibility index (Phi) is 2.57. The van der Waals surface area contributed by atoms with E-state index in [4.69, 9.17) is 10.7 Å². The first-order valence-electron chi connectivity index (χ1n) is 6.87. The Morgan fingerprint density at radius 1 is 1.35 bits per heavy atom. The second kappa shape index (κ2) is 4.31. The zero-order valence-electron chi connectivity index (χ0n) is 11.3. The van der Waals surface area contributed by atoms with Gasteiger partial charge in [-0.15, -0.1) is 11.3 Å². The lowest BCUT2D eigenvalue weighted by atomic mass is 10.3. The Bertz CT molecular complexity index is 782. The van der Waals surface area contributed by atoms with Gasteiger partial charge in [-0.1, -0.05) is 0 Å². The molecule has 5 heteroatoms. The molecular formula is C15H16N4S. The molecule has 0 unspecified atom stereocenters. The molecule has 1 aromatic carbocycles. The summed E-state index contributed by atoms with van der Waals surface area (Å²) in [5.41, 5.74) is 9.92. The minimum atomic E-state index is 0.614. The molecule has 102 valence electrons. The summed E-state index contributed by atoms with van der Waals surface area (Å²) in [5.74, 6) is 1.81. The SMILES string of the molecule is Cc1nc(Cn2c(C3CC3)nc3cc(N)ccc32)cs1. The van der Waals surface area contributed by atoms with Gasteiger partial charge in [0.25, 0.3) is 0 Å². The zero-order chi connectivity index (χ0) is 13.7. The summed E-state index contributed by atoms with van der Waals surface area (Å²) in [6.45, 7) is 2.85. The van der Waals surface area contributed by atoms with Gasteiger partial charge in [-0.05, 0) is 38.0 Å². The molecule has 2 N–H and O–H groups in total. The number of nitrogens with zero attached hydrogens (tertiary/aromatic N) is 3. The van der Waals surface area contributed by atoms with Crippen molar-refractivity contribution in [1.29, 1.82) is 0 Å². The second-order valence-electron chi connectivity index (χ2n) is 5.44. The van der Waals surface area contributed by atoms with Gasteiger partial charge < -0.3 is 10.3 Å². The van der Waals surface area contributed by atoms with Crippen molar-refractivity contribution in [2.24, 2.45) is 0 Å². The van der Waals surface area contributed by atoms with E-state index in [0.717, 1.165) is 34.0 Å². The van der Waals surface area contributed by atoms with Crippen LogP contribution in [0.15, 0.2) is 23.6 Å². The highest BCUT2D eigenvalue weighted by Crippen LogP contribution is 2.41. The highest BCUT2D eigenvalue weighted by atomic mass is 32.1. The first kappa shape index (κ1) is 11.9. The number of anilines is 1. The molecule has 2 aromatic heterocycles. The van der Waals surface area contributed by atoms with Crippen LogP contribution in [-0.2, 0) is 6.54 Å². The maximum atomic E-state index is 5.87. The monoisotopic (exact) mass is 284 g/mol. The highest BCUT2D eigenvalue weighted by Gasteiger charge is 2.29. The zero-order valence-corrected chi connectivity index (χ0v) is 12.2. The first-order valence-corrected chi connectivity index (χ1v) is 7.75. The van der Waals surface area contributed by atoms with Crippen molar-refractivity contribution in [3.8, 4) is 0 Å². The molecule has 1 saturated carbocycles. The van der Waals surface area contributed by atoms with Crippen molar-refractivity contribution in [3.63, 3.8) is 0 Å². The fraction of sp³-hybridized carbons (Fsp3) is 0.333. The largest absolute Gasteiger partial charge is 0.399 e. The lowest BCUT2D eigenvalue weighted by Crippen LogP contribution is -2.04. The average molecular weight is 284 g/mol. The van der Waals surface area contributed by atoms with Crippen molar-refractivity contribution < 1.29 is 0 Å². The van der Waals surface area contributed by atoms with Crippen LogP contribution in [0.2, 0.25) is 0 Å². The van der Waals surface area contributed by atoms with Gasteiger partial charge >= 0.3 is 0 Å². The third-order valence-corrected chi connectivity index (χ3v) is 4.55. The number of nitrogen functional groups attached to an aromatic ring is 1. The van der Waals surface area contributed by atoms with E-state index in [-0.39, 0.29) is 0 Å². The smallest absolute Gasteiger partial charge is 0.113 e. The number of rotatable bonds is 3. The van der Waals surface area contributed by atoms with E-state index in [1.54, 1.807) is 11.3 Å². The van der Waals surface area contributed by atoms with E-state index < -0.39 is 0 Å². The molecule has 2 heterocycles. The normalized spacial score (nSPS) is 15.1. The number of aromatic nitrogens is 3. The van der Waals surface area contributed by atoms with Crippen LogP contribution >= 0.6 is 11.3 Å². The first-order chi connectivity index (χ1) is 9.70. The molecule has 0 saturated heterocycles. The van der Waals surface area contributed by atoms with Crippen molar-refractivity contribution in [2.75, 3.05) is 5.73 Å². The molecule has 4 rings (SSSR count). The molecule has 0 atom stereocenters. The molecule has 1 aliphatic carbocycles. The predicted molar refractivity (Wildman–Crippen MR) is 82.1 cm³/mol. The number of fused-ring (bicyclic) bond motifs is 1. The topological polar surface area (TPSA) is 56.7 Å². The Labute approximate surface area is 121 Å². The number of hydrogen-bond donors (Lipinski definition) is 1. The van der Waals surface area contributed by atoms with Gasteiger partial charge in [0.1, 0.15) is 5.82 Å². The second-order valence-corrected chi connectivity index (χ2v) is 6.50. The quantitative estimate of drug-likeness (QED) is 0.751. The van der Waals surface area contributed by atoms with Gasteiger partial charge in [-0.25, -0.2) is 9.97 Å². The standard InChI is InChI=1S/C15H16N4S/c1-9-17-12(8-20-9)7-19-14-5-4-11(16)6-13(14)18-15(19)10-2-3-10/h4-6,8,10H,2-3,7,16H2,1H3. The van der Waals surface area contributed by atoms with E-state index >= 15 is 0 Å². The summed E-state index contributed by atoms with van der Waals surface area (Å²) >= 11 is 1.70. The van der Waals surface area contributed by atoms with E-state index in [1.807, 2.05) is 19.1 Å². The van der Waals surface area contributed by atoms with Gasteiger partial charge in [0.05, 0.1) is 28.3 Å². The Morgan fingerprint density at radius 2 is 2.20 bits per heavy atom. The summed E-state index contributed by atoms with van der Waals surface area (Å²) in [6, 6.07) is 5.98. The van der Waals surface area contributed by atoms with E-state index in [1.165, 1.54) is 18.7 Å². The number of benzene rings is 1. The number of nitrogens with two attached hydrogens (primary N) is 1. The van der Waals surface area contributed by atoms with Gasteiger partial charge in [0.15, 0.2) is 0 Å². The van der Waals surface area contributed by atoms with E-state index in [9.17, 15) is 0 Å². The summed E-state index contributed by atoms with van der Waals surface area (Å²) in [7, 11) is 0. The fourth-order valence-corrected chi connectivity index (χ4v) is 3.23. The van der Waals surface area contributed by atoms with Crippen molar-refractivity contribution >= 4 is 28.1 Å². The molecule has 4 nitrogen and oxygen atoms in total. The maximum absolute atomic E-state index is 5.87. The van der Waals surface area contributed by atoms with Gasteiger partial charge in [-0.2, -0.15) is 0 Å². The van der Waals surface area contributed by atoms with Crippen LogP contribution in [0.25, 0.3) is 11.0 Å². The van der Waals surface area contributed by atoms with E-state index in [0.29, 0.717) is 5.92 Å². The van der Waals surface area contributed by atoms with Crippen LogP contribution in [0, 0.1) is 6.92 Å². The minimum Gasteiger partial charge on any atom is -0.399 e. The third-order valence-electron chi connectivity index (χ3n) is 3.73. The third kappa shape index (κ3) is 1.98. The van der Waals surface area contributed by atoms with Crippen LogP contribution in [-0.4, -0.2) is 14.5 Å². The van der Waals surface area contributed by atoms with Gasteiger partial charge in [-0.3, -0.25) is 0 Å². The highest BCUT2D eigenvalue weighted by molar-refractivity contribution is 7.09. The minimum absolute atomic E-state index is 0.614. The van der Waals surface area contributed by atoms with Crippen molar-refractivity contribution in [1.82, 2.24) is 14.5 Å². The molecule has 0 radical (unpaired) electrons. The lowest BCUT2D eigenvalue weighted by Gasteiger charge is -2.06. The van der Waals surface area contributed by atoms with Crippen LogP contribution in [0.3, 0.4) is 0 Å². The molecule has 0 aliphatic heterocycles. The molecule has 1 aliphatic rings. The summed E-state index contributed by atoms with van der Waals surface area (Å²) in [4.78, 5) is 9.37.